The van der Waals surface area contributed by atoms with E-state index in [9.17, 15) is 9.59 Å². The fourth-order valence-electron chi connectivity index (χ4n) is 1.66. The van der Waals surface area contributed by atoms with Crippen LogP contribution in [0.15, 0.2) is 0 Å². The van der Waals surface area contributed by atoms with Crippen molar-refractivity contribution in [3.8, 4) is 0 Å². The van der Waals surface area contributed by atoms with Gasteiger partial charge < -0.3 is 5.32 Å². The zero-order valence-electron chi connectivity index (χ0n) is 8.95. The smallest absolute Gasteiger partial charge is 0.235 e. The first-order valence-corrected chi connectivity index (χ1v) is 5.13. The van der Waals surface area contributed by atoms with E-state index in [-0.39, 0.29) is 17.9 Å². The van der Waals surface area contributed by atoms with Crippen molar-refractivity contribution in [1.29, 1.82) is 0 Å². The summed E-state index contributed by atoms with van der Waals surface area (Å²) in [5, 5.41) is 2.79. The number of hydrazine groups is 1. The van der Waals surface area contributed by atoms with Gasteiger partial charge >= 0.3 is 0 Å². The third kappa shape index (κ3) is 3.85. The van der Waals surface area contributed by atoms with Gasteiger partial charge in [0.05, 0.1) is 6.54 Å². The van der Waals surface area contributed by atoms with Crippen molar-refractivity contribution in [2.24, 2.45) is 5.84 Å². The molecule has 1 atom stereocenters. The van der Waals surface area contributed by atoms with Gasteiger partial charge in [-0.25, -0.2) is 5.84 Å². The summed E-state index contributed by atoms with van der Waals surface area (Å²) < 4.78 is 0. The maximum atomic E-state index is 11.3. The Balaban J connectivity index is 2.45. The van der Waals surface area contributed by atoms with E-state index in [4.69, 9.17) is 5.84 Å². The molecule has 86 valence electrons. The molecule has 1 heterocycles. The summed E-state index contributed by atoms with van der Waals surface area (Å²) in [7, 11) is 0. The van der Waals surface area contributed by atoms with Crippen LogP contribution in [0.4, 0.5) is 0 Å². The van der Waals surface area contributed by atoms with Crippen LogP contribution in [0.3, 0.4) is 0 Å². The molecular weight excluding hydrogens is 196 g/mol. The summed E-state index contributed by atoms with van der Waals surface area (Å²) in [5.74, 6) is 4.83. The van der Waals surface area contributed by atoms with Crippen molar-refractivity contribution in [1.82, 2.24) is 15.6 Å². The Hall–Kier alpha value is -1.14. The molecule has 1 saturated heterocycles. The monoisotopic (exact) mass is 214 g/mol. The molecule has 0 saturated carbocycles. The van der Waals surface area contributed by atoms with Gasteiger partial charge in [0.25, 0.3) is 0 Å². The molecule has 6 heteroatoms. The molecule has 1 aliphatic heterocycles. The molecule has 1 unspecified atom stereocenters. The average Bonchev–Trinajstić information content (AvgIpc) is 2.42. The van der Waals surface area contributed by atoms with Crippen molar-refractivity contribution >= 4 is 11.8 Å². The summed E-state index contributed by atoms with van der Waals surface area (Å²) in [6, 6.07) is 0.0393. The summed E-state index contributed by atoms with van der Waals surface area (Å²) >= 11 is 0. The Morgan fingerprint density at radius 3 is 3.13 bits per heavy atom. The lowest BCUT2D eigenvalue weighted by atomic mass is 10.2. The SMILES string of the molecule is CC(CC(=O)NN)N1CCCNC(=O)C1. The van der Waals surface area contributed by atoms with E-state index in [1.807, 2.05) is 11.8 Å². The van der Waals surface area contributed by atoms with Crippen molar-refractivity contribution < 1.29 is 9.59 Å². The predicted octanol–water partition coefficient (Wildman–Crippen LogP) is -1.42. The highest BCUT2D eigenvalue weighted by atomic mass is 16.2. The van der Waals surface area contributed by atoms with Crippen LogP contribution < -0.4 is 16.6 Å². The van der Waals surface area contributed by atoms with E-state index in [1.54, 1.807) is 0 Å². The van der Waals surface area contributed by atoms with E-state index < -0.39 is 0 Å². The van der Waals surface area contributed by atoms with Gasteiger partial charge in [0.15, 0.2) is 0 Å². The molecule has 0 aromatic heterocycles. The first-order valence-electron chi connectivity index (χ1n) is 5.13. The Morgan fingerprint density at radius 2 is 2.47 bits per heavy atom. The van der Waals surface area contributed by atoms with Gasteiger partial charge in [-0.05, 0) is 13.3 Å². The number of nitrogens with zero attached hydrogens (tertiary/aromatic N) is 1. The number of hydrogen-bond acceptors (Lipinski definition) is 4. The van der Waals surface area contributed by atoms with Gasteiger partial charge in [-0.2, -0.15) is 0 Å². The summed E-state index contributed by atoms with van der Waals surface area (Å²) in [5.41, 5.74) is 2.10. The molecule has 15 heavy (non-hydrogen) atoms. The lowest BCUT2D eigenvalue weighted by Crippen LogP contribution is -2.42. The van der Waals surface area contributed by atoms with Crippen LogP contribution in [0.1, 0.15) is 19.8 Å². The molecule has 0 aliphatic carbocycles. The van der Waals surface area contributed by atoms with Crippen molar-refractivity contribution in [3.63, 3.8) is 0 Å². The second-order valence-corrected chi connectivity index (χ2v) is 3.79. The summed E-state index contributed by atoms with van der Waals surface area (Å²) in [6.45, 7) is 3.83. The number of amides is 2. The van der Waals surface area contributed by atoms with Gasteiger partial charge in [0.2, 0.25) is 11.8 Å². The van der Waals surface area contributed by atoms with E-state index in [1.165, 1.54) is 0 Å². The van der Waals surface area contributed by atoms with E-state index in [0.29, 0.717) is 19.5 Å². The largest absolute Gasteiger partial charge is 0.355 e. The number of rotatable bonds is 3. The minimum Gasteiger partial charge on any atom is -0.355 e. The molecule has 0 spiro atoms. The Morgan fingerprint density at radius 1 is 1.73 bits per heavy atom. The molecule has 1 fully saturated rings. The van der Waals surface area contributed by atoms with Crippen LogP contribution in [0, 0.1) is 0 Å². The average molecular weight is 214 g/mol. The highest BCUT2D eigenvalue weighted by Gasteiger charge is 2.21. The van der Waals surface area contributed by atoms with Crippen LogP contribution >= 0.6 is 0 Å². The fraction of sp³-hybridized carbons (Fsp3) is 0.778. The molecule has 0 radical (unpaired) electrons. The normalized spacial score (nSPS) is 20.3. The molecule has 0 aromatic carbocycles. The van der Waals surface area contributed by atoms with Gasteiger partial charge in [-0.15, -0.1) is 0 Å². The molecule has 6 nitrogen and oxygen atoms in total. The minimum absolute atomic E-state index is 0.0208. The van der Waals surface area contributed by atoms with Crippen LogP contribution in [-0.4, -0.2) is 42.4 Å². The zero-order chi connectivity index (χ0) is 11.3. The molecular formula is C9H18N4O2. The molecule has 2 amide bonds. The topological polar surface area (TPSA) is 87.5 Å². The number of nitrogens with two attached hydrogens (primary N) is 1. The number of nitrogens with one attached hydrogen (secondary N) is 2. The quantitative estimate of drug-likeness (QED) is 0.305. The highest BCUT2D eigenvalue weighted by Crippen LogP contribution is 2.06. The first kappa shape index (κ1) is 11.9. The third-order valence-corrected chi connectivity index (χ3v) is 2.56. The van der Waals surface area contributed by atoms with E-state index >= 15 is 0 Å². The Labute approximate surface area is 89.1 Å². The predicted molar refractivity (Wildman–Crippen MR) is 55.6 cm³/mol. The van der Waals surface area contributed by atoms with Crippen LogP contribution in [0.25, 0.3) is 0 Å². The fourth-order valence-corrected chi connectivity index (χ4v) is 1.66. The third-order valence-electron chi connectivity index (χ3n) is 2.56. The molecule has 1 rings (SSSR count). The van der Waals surface area contributed by atoms with Crippen molar-refractivity contribution in [3.05, 3.63) is 0 Å². The summed E-state index contributed by atoms with van der Waals surface area (Å²) in [6.07, 6.45) is 1.24. The van der Waals surface area contributed by atoms with Crippen LogP contribution in [0.5, 0.6) is 0 Å². The van der Waals surface area contributed by atoms with Gasteiger partial charge in [-0.3, -0.25) is 19.9 Å². The van der Waals surface area contributed by atoms with Gasteiger partial charge in [0.1, 0.15) is 0 Å². The first-order chi connectivity index (χ1) is 7.13. The Bertz CT molecular complexity index is 244. The standard InChI is InChI=1S/C9H18N4O2/c1-7(5-8(14)12-10)13-4-2-3-11-9(15)6-13/h7H,2-6,10H2,1H3,(H,11,15)(H,12,14). The number of carbonyl (C=O) groups is 2. The number of hydrogen-bond donors (Lipinski definition) is 3. The van der Waals surface area contributed by atoms with Crippen LogP contribution in [-0.2, 0) is 9.59 Å². The van der Waals surface area contributed by atoms with Gasteiger partial charge in [0, 0.05) is 25.6 Å². The second-order valence-electron chi connectivity index (χ2n) is 3.79. The summed E-state index contributed by atoms with van der Waals surface area (Å²) in [4.78, 5) is 24.3. The maximum absolute atomic E-state index is 11.3. The minimum atomic E-state index is -0.202. The van der Waals surface area contributed by atoms with Crippen molar-refractivity contribution in [2.75, 3.05) is 19.6 Å². The zero-order valence-corrected chi connectivity index (χ0v) is 8.95. The van der Waals surface area contributed by atoms with Gasteiger partial charge in [-0.1, -0.05) is 0 Å². The molecule has 1 aliphatic rings. The van der Waals surface area contributed by atoms with Crippen molar-refractivity contribution in [2.45, 2.75) is 25.8 Å². The highest BCUT2D eigenvalue weighted by molar-refractivity contribution is 5.78. The maximum Gasteiger partial charge on any atom is 0.235 e. The lowest BCUT2D eigenvalue weighted by molar-refractivity contribution is -0.125. The lowest BCUT2D eigenvalue weighted by Gasteiger charge is -2.25. The Kier molecular flexibility index (Phi) is 4.51. The van der Waals surface area contributed by atoms with Crippen LogP contribution in [0.2, 0.25) is 0 Å². The number of carbonyl (C=O) groups excluding carboxylic acids is 2. The van der Waals surface area contributed by atoms with E-state index in [0.717, 1.165) is 13.0 Å². The molecule has 4 N–H and O–H groups in total. The second kappa shape index (κ2) is 5.67. The molecule has 0 aromatic rings. The molecule has 0 bridgehead atoms. The van der Waals surface area contributed by atoms with E-state index in [2.05, 4.69) is 10.7 Å².